The van der Waals surface area contributed by atoms with Crippen LogP contribution in [0.15, 0.2) is 6.07 Å². The van der Waals surface area contributed by atoms with E-state index in [1.54, 1.807) is 17.8 Å². The van der Waals surface area contributed by atoms with Gasteiger partial charge in [-0.05, 0) is 19.6 Å². The Hall–Kier alpha value is -1.05. The van der Waals surface area contributed by atoms with E-state index in [-0.39, 0.29) is 17.9 Å². The van der Waals surface area contributed by atoms with E-state index >= 15 is 0 Å². The number of rotatable bonds is 8. The van der Waals surface area contributed by atoms with Crippen molar-refractivity contribution in [2.45, 2.75) is 38.0 Å². The number of aliphatic hydroxyl groups excluding tert-OH is 1. The van der Waals surface area contributed by atoms with Crippen molar-refractivity contribution in [2.24, 2.45) is 5.84 Å². The van der Waals surface area contributed by atoms with E-state index < -0.39 is 0 Å². The highest BCUT2D eigenvalue weighted by Crippen LogP contribution is 2.17. The van der Waals surface area contributed by atoms with Crippen LogP contribution in [-0.2, 0) is 6.42 Å². The zero-order valence-electron chi connectivity index (χ0n) is 11.7. The highest BCUT2D eigenvalue weighted by atomic mass is 32.2. The Labute approximate surface area is 118 Å². The molecule has 0 aliphatic carbocycles. The van der Waals surface area contributed by atoms with Crippen molar-refractivity contribution in [2.75, 3.05) is 23.6 Å². The van der Waals surface area contributed by atoms with Crippen molar-refractivity contribution < 1.29 is 5.11 Å². The van der Waals surface area contributed by atoms with E-state index in [1.807, 2.05) is 13.2 Å². The molecule has 1 aromatic rings. The van der Waals surface area contributed by atoms with Crippen LogP contribution in [0.25, 0.3) is 0 Å². The molecule has 1 aromatic heterocycles. The maximum absolute atomic E-state index is 9.29. The number of nitrogen functional groups attached to an aromatic ring is 1. The lowest BCUT2D eigenvalue weighted by atomic mass is 10.2. The lowest BCUT2D eigenvalue weighted by Crippen LogP contribution is -2.31. The van der Waals surface area contributed by atoms with Gasteiger partial charge >= 0.3 is 0 Å². The van der Waals surface area contributed by atoms with Gasteiger partial charge in [0.1, 0.15) is 17.5 Å². The molecule has 0 fully saturated rings. The van der Waals surface area contributed by atoms with Gasteiger partial charge in [0, 0.05) is 23.8 Å². The van der Waals surface area contributed by atoms with Gasteiger partial charge in [-0.3, -0.25) is 0 Å². The van der Waals surface area contributed by atoms with Crippen molar-refractivity contribution >= 4 is 23.4 Å². The smallest absolute Gasteiger partial charge is 0.145 e. The zero-order valence-corrected chi connectivity index (χ0v) is 12.5. The maximum atomic E-state index is 9.29. The molecule has 0 amide bonds. The average Bonchev–Trinajstić information content (AvgIpc) is 2.40. The van der Waals surface area contributed by atoms with Gasteiger partial charge in [0.25, 0.3) is 0 Å². The van der Waals surface area contributed by atoms with Gasteiger partial charge in [0.2, 0.25) is 0 Å². The molecular formula is C12H23N5OS. The topological polar surface area (TPSA) is 96.1 Å². The van der Waals surface area contributed by atoms with E-state index in [9.17, 15) is 5.11 Å². The number of nitrogens with zero attached hydrogens (tertiary/aromatic N) is 2. The van der Waals surface area contributed by atoms with Crippen LogP contribution in [0.4, 0.5) is 11.6 Å². The first-order valence-electron chi connectivity index (χ1n) is 6.39. The maximum Gasteiger partial charge on any atom is 0.145 e. The molecule has 0 aromatic carbocycles. The fourth-order valence-electron chi connectivity index (χ4n) is 1.74. The average molecular weight is 285 g/mol. The number of nitrogens with two attached hydrogens (primary N) is 1. The molecule has 1 heterocycles. The van der Waals surface area contributed by atoms with Crippen LogP contribution in [0.2, 0.25) is 0 Å². The van der Waals surface area contributed by atoms with Crippen molar-refractivity contribution in [3.05, 3.63) is 11.9 Å². The molecular weight excluding hydrogens is 262 g/mol. The number of aryl methyl sites for hydroxylation is 1. The molecule has 7 heteroatoms. The molecule has 0 bridgehead atoms. The van der Waals surface area contributed by atoms with Gasteiger partial charge < -0.3 is 15.8 Å². The number of anilines is 2. The summed E-state index contributed by atoms with van der Waals surface area (Å²) in [6.45, 7) is 4.23. The van der Waals surface area contributed by atoms with Crippen LogP contribution in [0, 0.1) is 0 Å². The van der Waals surface area contributed by atoms with Crippen LogP contribution >= 0.6 is 11.8 Å². The van der Waals surface area contributed by atoms with E-state index in [4.69, 9.17) is 5.84 Å². The Balaban J connectivity index is 2.84. The predicted molar refractivity (Wildman–Crippen MR) is 81.3 cm³/mol. The van der Waals surface area contributed by atoms with Gasteiger partial charge in [0.05, 0.1) is 6.61 Å². The fourth-order valence-corrected chi connectivity index (χ4v) is 2.37. The minimum Gasteiger partial charge on any atom is -0.395 e. The SMILES string of the molecule is CCCc1nc(NN)cc(NC(C)C(CO)SC)n1. The minimum absolute atomic E-state index is 0.106. The first-order chi connectivity index (χ1) is 9.14. The van der Waals surface area contributed by atoms with Gasteiger partial charge in [0.15, 0.2) is 0 Å². The Bertz CT molecular complexity index is 386. The normalized spacial score (nSPS) is 13.9. The molecule has 19 heavy (non-hydrogen) atoms. The van der Waals surface area contributed by atoms with Gasteiger partial charge in [-0.1, -0.05) is 6.92 Å². The first kappa shape index (κ1) is 16.0. The Morgan fingerprint density at radius 2 is 2.11 bits per heavy atom. The summed E-state index contributed by atoms with van der Waals surface area (Å²) in [7, 11) is 0. The van der Waals surface area contributed by atoms with E-state index in [0.29, 0.717) is 5.82 Å². The third-order valence-electron chi connectivity index (χ3n) is 2.81. The summed E-state index contributed by atoms with van der Waals surface area (Å²) in [6, 6.07) is 1.87. The molecule has 2 atom stereocenters. The first-order valence-corrected chi connectivity index (χ1v) is 7.68. The minimum atomic E-state index is 0.106. The van der Waals surface area contributed by atoms with Crippen LogP contribution in [0.1, 0.15) is 26.1 Å². The van der Waals surface area contributed by atoms with E-state index in [2.05, 4.69) is 27.6 Å². The summed E-state index contributed by atoms with van der Waals surface area (Å²) >= 11 is 1.63. The van der Waals surface area contributed by atoms with Gasteiger partial charge in [-0.25, -0.2) is 15.8 Å². The predicted octanol–water partition coefficient (Wildman–Crippen LogP) is 1.24. The van der Waals surface area contributed by atoms with Crippen molar-refractivity contribution in [1.82, 2.24) is 9.97 Å². The molecule has 6 nitrogen and oxygen atoms in total. The standard InChI is InChI=1S/C12H23N5OS/c1-4-5-10-15-11(6-12(16-10)17-13)14-8(2)9(7-18)19-3/h6,8-9,18H,4-5,7,13H2,1-3H3,(H2,14,15,16,17). The third kappa shape index (κ3) is 4.85. The number of hydrazine groups is 1. The summed E-state index contributed by atoms with van der Waals surface area (Å²) in [5, 5.41) is 12.7. The van der Waals surface area contributed by atoms with E-state index in [1.165, 1.54) is 0 Å². The number of aromatic nitrogens is 2. The fraction of sp³-hybridized carbons (Fsp3) is 0.667. The number of hydrogen-bond acceptors (Lipinski definition) is 7. The Kier molecular flexibility index (Phi) is 6.90. The molecule has 1 rings (SSSR count). The molecule has 0 saturated heterocycles. The quantitative estimate of drug-likeness (QED) is 0.421. The molecule has 2 unspecified atom stereocenters. The van der Waals surface area contributed by atoms with Crippen molar-refractivity contribution in [3.63, 3.8) is 0 Å². The Morgan fingerprint density at radius 1 is 1.42 bits per heavy atom. The number of aliphatic hydroxyl groups is 1. The number of thioether (sulfide) groups is 1. The molecule has 108 valence electrons. The lowest BCUT2D eigenvalue weighted by Gasteiger charge is -2.22. The molecule has 0 saturated carbocycles. The summed E-state index contributed by atoms with van der Waals surface area (Å²) in [5.41, 5.74) is 2.55. The highest BCUT2D eigenvalue weighted by molar-refractivity contribution is 7.99. The summed E-state index contributed by atoms with van der Waals surface area (Å²) < 4.78 is 0. The second-order valence-electron chi connectivity index (χ2n) is 4.34. The van der Waals surface area contributed by atoms with Crippen LogP contribution in [0.5, 0.6) is 0 Å². The van der Waals surface area contributed by atoms with Crippen LogP contribution in [-0.4, -0.2) is 39.2 Å². The monoisotopic (exact) mass is 285 g/mol. The van der Waals surface area contributed by atoms with Gasteiger partial charge in [-0.2, -0.15) is 11.8 Å². The summed E-state index contributed by atoms with van der Waals surface area (Å²) in [5.74, 6) is 7.50. The van der Waals surface area contributed by atoms with Crippen LogP contribution in [0.3, 0.4) is 0 Å². The molecule has 5 N–H and O–H groups in total. The molecule has 0 spiro atoms. The van der Waals surface area contributed by atoms with Crippen molar-refractivity contribution in [1.29, 1.82) is 0 Å². The molecule has 0 radical (unpaired) electrons. The second-order valence-corrected chi connectivity index (χ2v) is 5.42. The number of nitrogens with one attached hydrogen (secondary N) is 2. The second kappa shape index (κ2) is 8.19. The molecule has 0 aliphatic rings. The van der Waals surface area contributed by atoms with Gasteiger partial charge in [-0.15, -0.1) is 0 Å². The zero-order chi connectivity index (χ0) is 14.3. The van der Waals surface area contributed by atoms with E-state index in [0.717, 1.165) is 24.5 Å². The molecule has 0 aliphatic heterocycles. The number of hydrogen-bond donors (Lipinski definition) is 4. The summed E-state index contributed by atoms with van der Waals surface area (Å²) in [4.78, 5) is 8.75. The largest absolute Gasteiger partial charge is 0.395 e. The Morgan fingerprint density at radius 3 is 2.63 bits per heavy atom. The third-order valence-corrected chi connectivity index (χ3v) is 3.97. The summed E-state index contributed by atoms with van der Waals surface area (Å²) in [6.07, 6.45) is 3.77. The van der Waals surface area contributed by atoms with Crippen LogP contribution < -0.4 is 16.6 Å². The highest BCUT2D eigenvalue weighted by Gasteiger charge is 2.16. The van der Waals surface area contributed by atoms with Crippen molar-refractivity contribution in [3.8, 4) is 0 Å². The lowest BCUT2D eigenvalue weighted by molar-refractivity contribution is 0.288.